The standard InChI is InChI=1S/C15H17N5O4/c1-23-10-3-4-11(12(6-10)24-2)20-7-9(5-13(20)21)14(22)18-15-16-8-17-19-15/h3-4,6,8-9H,5,7H2,1-2H3,(H2,16,17,18,19,22). The Hall–Kier alpha value is -3.10. The van der Waals surface area contributed by atoms with Gasteiger partial charge in [0.25, 0.3) is 0 Å². The van der Waals surface area contributed by atoms with E-state index in [-0.39, 0.29) is 30.7 Å². The number of hydrogen-bond acceptors (Lipinski definition) is 6. The van der Waals surface area contributed by atoms with Crippen LogP contribution in [0, 0.1) is 5.92 Å². The fourth-order valence-electron chi connectivity index (χ4n) is 2.61. The molecule has 2 N–H and O–H groups in total. The molecule has 9 nitrogen and oxygen atoms in total. The average molecular weight is 331 g/mol. The lowest BCUT2D eigenvalue weighted by molar-refractivity contribution is -0.122. The van der Waals surface area contributed by atoms with Crippen molar-refractivity contribution in [3.8, 4) is 11.5 Å². The van der Waals surface area contributed by atoms with E-state index < -0.39 is 5.92 Å². The number of amides is 2. The van der Waals surface area contributed by atoms with Gasteiger partial charge >= 0.3 is 0 Å². The second kappa shape index (κ2) is 6.57. The molecular weight excluding hydrogens is 314 g/mol. The summed E-state index contributed by atoms with van der Waals surface area (Å²) in [6, 6.07) is 5.18. The van der Waals surface area contributed by atoms with Crippen molar-refractivity contribution in [2.24, 2.45) is 5.92 Å². The van der Waals surface area contributed by atoms with E-state index in [2.05, 4.69) is 20.5 Å². The molecular formula is C15H17N5O4. The van der Waals surface area contributed by atoms with Crippen LogP contribution in [0.1, 0.15) is 6.42 Å². The summed E-state index contributed by atoms with van der Waals surface area (Å²) in [6.45, 7) is 0.265. The Kier molecular flexibility index (Phi) is 4.32. The van der Waals surface area contributed by atoms with Crippen molar-refractivity contribution in [1.29, 1.82) is 0 Å². The molecule has 2 heterocycles. The lowest BCUT2D eigenvalue weighted by Gasteiger charge is -2.20. The van der Waals surface area contributed by atoms with Crippen molar-refractivity contribution in [2.75, 3.05) is 31.0 Å². The van der Waals surface area contributed by atoms with Crippen molar-refractivity contribution in [3.63, 3.8) is 0 Å². The molecule has 1 aromatic carbocycles. The zero-order valence-corrected chi connectivity index (χ0v) is 13.3. The van der Waals surface area contributed by atoms with E-state index in [1.54, 1.807) is 30.2 Å². The normalized spacial score (nSPS) is 17.0. The highest BCUT2D eigenvalue weighted by Crippen LogP contribution is 2.35. The zero-order chi connectivity index (χ0) is 17.1. The number of aromatic amines is 1. The molecule has 0 aliphatic carbocycles. The molecule has 0 bridgehead atoms. The third-order valence-electron chi connectivity index (χ3n) is 3.83. The molecule has 1 aromatic heterocycles. The van der Waals surface area contributed by atoms with Crippen molar-refractivity contribution < 1.29 is 19.1 Å². The first-order chi connectivity index (χ1) is 11.6. The average Bonchev–Trinajstić information content (AvgIpc) is 3.23. The number of carbonyl (C=O) groups excluding carboxylic acids is 2. The van der Waals surface area contributed by atoms with Gasteiger partial charge in [-0.15, -0.1) is 0 Å². The van der Waals surface area contributed by atoms with Crippen LogP contribution in [-0.4, -0.2) is 47.8 Å². The largest absolute Gasteiger partial charge is 0.497 e. The van der Waals surface area contributed by atoms with E-state index >= 15 is 0 Å². The summed E-state index contributed by atoms with van der Waals surface area (Å²) in [6.07, 6.45) is 1.42. The quantitative estimate of drug-likeness (QED) is 0.839. The third kappa shape index (κ3) is 3.00. The van der Waals surface area contributed by atoms with Crippen LogP contribution in [0.25, 0.3) is 0 Å². The van der Waals surface area contributed by atoms with E-state index in [4.69, 9.17) is 9.47 Å². The topological polar surface area (TPSA) is 109 Å². The number of nitrogens with zero attached hydrogens (tertiary/aromatic N) is 3. The van der Waals surface area contributed by atoms with Gasteiger partial charge in [0.2, 0.25) is 17.8 Å². The predicted octanol–water partition coefficient (Wildman–Crippen LogP) is 0.813. The number of ether oxygens (including phenoxy) is 2. The fraction of sp³-hybridized carbons (Fsp3) is 0.333. The summed E-state index contributed by atoms with van der Waals surface area (Å²) in [5, 5.41) is 8.82. The van der Waals surface area contributed by atoms with Gasteiger partial charge in [-0.3, -0.25) is 14.9 Å². The SMILES string of the molecule is COc1ccc(N2CC(C(=O)Nc3ncn[nH]3)CC2=O)c(OC)c1. The lowest BCUT2D eigenvalue weighted by Crippen LogP contribution is -2.28. The summed E-state index contributed by atoms with van der Waals surface area (Å²) >= 11 is 0. The highest BCUT2D eigenvalue weighted by Gasteiger charge is 2.36. The summed E-state index contributed by atoms with van der Waals surface area (Å²) in [7, 11) is 3.08. The Morgan fingerprint density at radius 1 is 1.38 bits per heavy atom. The molecule has 9 heteroatoms. The van der Waals surface area contributed by atoms with Crippen LogP contribution in [-0.2, 0) is 9.59 Å². The maximum absolute atomic E-state index is 12.3. The summed E-state index contributed by atoms with van der Waals surface area (Å²) in [4.78, 5) is 30.0. The second-order valence-electron chi connectivity index (χ2n) is 5.27. The lowest BCUT2D eigenvalue weighted by atomic mass is 10.1. The predicted molar refractivity (Wildman–Crippen MR) is 85.0 cm³/mol. The van der Waals surface area contributed by atoms with Crippen molar-refractivity contribution in [3.05, 3.63) is 24.5 Å². The van der Waals surface area contributed by atoms with Crippen LogP contribution >= 0.6 is 0 Å². The van der Waals surface area contributed by atoms with Crippen LogP contribution in [0.5, 0.6) is 11.5 Å². The van der Waals surface area contributed by atoms with Gasteiger partial charge in [-0.1, -0.05) is 0 Å². The summed E-state index contributed by atoms with van der Waals surface area (Å²) in [5.74, 6) is 0.495. The van der Waals surface area contributed by atoms with Crippen LogP contribution in [0.3, 0.4) is 0 Å². The minimum absolute atomic E-state index is 0.120. The molecule has 0 radical (unpaired) electrons. The van der Waals surface area contributed by atoms with Gasteiger partial charge < -0.3 is 14.4 Å². The minimum atomic E-state index is -0.477. The van der Waals surface area contributed by atoms with E-state index in [0.29, 0.717) is 17.2 Å². The second-order valence-corrected chi connectivity index (χ2v) is 5.27. The van der Waals surface area contributed by atoms with E-state index in [9.17, 15) is 9.59 Å². The molecule has 3 rings (SSSR count). The number of hydrogen-bond donors (Lipinski definition) is 2. The van der Waals surface area contributed by atoms with E-state index in [1.165, 1.54) is 13.4 Å². The Bertz CT molecular complexity index is 746. The molecule has 1 fully saturated rings. The van der Waals surface area contributed by atoms with E-state index in [1.807, 2.05) is 0 Å². The highest BCUT2D eigenvalue weighted by atomic mass is 16.5. The number of carbonyl (C=O) groups is 2. The number of benzene rings is 1. The Morgan fingerprint density at radius 2 is 2.21 bits per heavy atom. The van der Waals surface area contributed by atoms with Gasteiger partial charge in [0.05, 0.1) is 25.8 Å². The minimum Gasteiger partial charge on any atom is -0.497 e. The molecule has 1 unspecified atom stereocenters. The molecule has 0 saturated carbocycles. The maximum atomic E-state index is 12.3. The van der Waals surface area contributed by atoms with Gasteiger partial charge in [0, 0.05) is 19.0 Å². The summed E-state index contributed by atoms with van der Waals surface area (Å²) in [5.41, 5.74) is 0.610. The van der Waals surface area contributed by atoms with Gasteiger partial charge in [-0.25, -0.2) is 5.10 Å². The number of aromatic nitrogens is 3. The van der Waals surface area contributed by atoms with Crippen molar-refractivity contribution >= 4 is 23.5 Å². The molecule has 1 aliphatic heterocycles. The summed E-state index contributed by atoms with van der Waals surface area (Å²) < 4.78 is 10.5. The first-order valence-corrected chi connectivity index (χ1v) is 7.31. The molecule has 126 valence electrons. The van der Waals surface area contributed by atoms with Gasteiger partial charge in [0.1, 0.15) is 17.8 Å². The highest BCUT2D eigenvalue weighted by molar-refractivity contribution is 6.03. The fourth-order valence-corrected chi connectivity index (χ4v) is 2.61. The van der Waals surface area contributed by atoms with Gasteiger partial charge in [-0.2, -0.15) is 10.1 Å². The molecule has 24 heavy (non-hydrogen) atoms. The molecule has 2 amide bonds. The number of methoxy groups -OCH3 is 2. The van der Waals surface area contributed by atoms with Gasteiger partial charge in [-0.05, 0) is 12.1 Å². The zero-order valence-electron chi connectivity index (χ0n) is 13.3. The van der Waals surface area contributed by atoms with E-state index in [0.717, 1.165) is 0 Å². The maximum Gasteiger partial charge on any atom is 0.232 e. The number of nitrogens with one attached hydrogen (secondary N) is 2. The molecule has 0 spiro atoms. The van der Waals surface area contributed by atoms with Gasteiger partial charge in [0.15, 0.2) is 0 Å². The van der Waals surface area contributed by atoms with Crippen molar-refractivity contribution in [1.82, 2.24) is 15.2 Å². The van der Waals surface area contributed by atoms with Crippen LogP contribution in [0.4, 0.5) is 11.6 Å². The molecule has 1 atom stereocenters. The van der Waals surface area contributed by atoms with Crippen LogP contribution in [0.15, 0.2) is 24.5 Å². The van der Waals surface area contributed by atoms with Crippen LogP contribution in [0.2, 0.25) is 0 Å². The van der Waals surface area contributed by atoms with Crippen molar-refractivity contribution in [2.45, 2.75) is 6.42 Å². The third-order valence-corrected chi connectivity index (χ3v) is 3.83. The number of anilines is 2. The number of rotatable bonds is 5. The number of H-pyrrole nitrogens is 1. The Balaban J connectivity index is 1.76. The Labute approximate surface area is 138 Å². The smallest absolute Gasteiger partial charge is 0.232 e. The molecule has 1 saturated heterocycles. The first-order valence-electron chi connectivity index (χ1n) is 7.31. The molecule has 2 aromatic rings. The molecule has 1 aliphatic rings. The van der Waals surface area contributed by atoms with Crippen LogP contribution < -0.4 is 19.7 Å². The monoisotopic (exact) mass is 331 g/mol. The Morgan fingerprint density at radius 3 is 2.88 bits per heavy atom. The first kappa shape index (κ1) is 15.8.